The van der Waals surface area contributed by atoms with Crippen molar-refractivity contribution in [2.75, 3.05) is 19.5 Å². The van der Waals surface area contributed by atoms with Gasteiger partial charge in [-0.05, 0) is 137 Å². The van der Waals surface area contributed by atoms with E-state index >= 15 is 0 Å². The number of methoxy groups -OCH3 is 1. The van der Waals surface area contributed by atoms with E-state index in [4.69, 9.17) is 19.9 Å². The molecule has 5 aromatic carbocycles. The van der Waals surface area contributed by atoms with Gasteiger partial charge in [-0.3, -0.25) is 9.79 Å². The number of ether oxygens (including phenoxy) is 3. The van der Waals surface area contributed by atoms with Gasteiger partial charge in [0.2, 0.25) is 0 Å². The number of phenolic OH excluding ortho intramolecular Hbond substituents is 1. The first-order valence-corrected chi connectivity index (χ1v) is 22.8. The second-order valence-electron chi connectivity index (χ2n) is 17.5. The van der Waals surface area contributed by atoms with Gasteiger partial charge in [0.25, 0.3) is 0 Å². The van der Waals surface area contributed by atoms with Gasteiger partial charge >= 0.3 is 0 Å². The Balaban J connectivity index is 1.11. The predicted molar refractivity (Wildman–Crippen MR) is 260 cm³/mol. The van der Waals surface area contributed by atoms with Gasteiger partial charge in [0.1, 0.15) is 36.1 Å². The topological polar surface area (TPSA) is 136 Å². The highest BCUT2D eigenvalue weighted by atomic mass is 16.5. The maximum atomic E-state index is 13.9. The monoisotopic (exact) mass is 869 g/mol. The van der Waals surface area contributed by atoms with E-state index < -0.39 is 12.0 Å². The number of carbonyl (C=O) groups excluding carboxylic acids is 1. The van der Waals surface area contributed by atoms with Gasteiger partial charge in [0, 0.05) is 37.1 Å². The van der Waals surface area contributed by atoms with Crippen molar-refractivity contribution in [2.45, 2.75) is 89.3 Å². The molecule has 2 aliphatic heterocycles. The van der Waals surface area contributed by atoms with Crippen molar-refractivity contribution in [3.05, 3.63) is 160 Å². The largest absolute Gasteiger partial charge is 0.508 e. The summed E-state index contributed by atoms with van der Waals surface area (Å²) in [6, 6.07) is 30.3. The van der Waals surface area contributed by atoms with Gasteiger partial charge in [0.05, 0.1) is 13.0 Å². The standard InChI is InChI=1S/C56H59N3O6/c1-36-16-23-48-42-20-24-49-54(51(62)34-50(36)55(48)49)41(28-37-10-5-4-6-11-37)26-27-64-47(33-46(61)21-17-39-18-25-52(63-3)53(30-39)65-35-42)32-43-31-45(60)22-19-40(43)14-8-7-12-38-13-9-15-44(29-38)59-56(57)58-2/h4-6,9-11,13,15-16,18-20,22-25,29-31,34,36,40-41,43,47,60,62H,7-8,12,14,17,21,28,32-33,35H2,1-3H3,(H3,57,58,59). The minimum atomic E-state index is -0.542. The lowest BCUT2D eigenvalue weighted by Crippen LogP contribution is -2.24. The molecule has 334 valence electrons. The molecule has 0 radical (unpaired) electrons. The maximum Gasteiger partial charge on any atom is 0.192 e. The second kappa shape index (κ2) is 20.7. The number of carbonyl (C=O) groups is 1. The number of unbranched alkanes of at least 4 members (excludes halogenated alkanes) is 1. The van der Waals surface area contributed by atoms with Crippen molar-refractivity contribution in [3.8, 4) is 29.3 Å². The first-order valence-electron chi connectivity index (χ1n) is 22.8. The van der Waals surface area contributed by atoms with Crippen LogP contribution < -0.4 is 20.5 Å². The van der Waals surface area contributed by atoms with Crippen LogP contribution in [0.1, 0.15) is 96.2 Å². The number of phenols is 1. The molecule has 5 atom stereocenters. The SMILES string of the molecule is CN=C(N)Nc1cccc(CCCCC2C=CC(O)=CC2CC2CC(=O)CCc3ccc(OC)c(c3)OCc3ccc4c(c(O)cc5c4c3C=CC5C)C(Cc3ccccc3)C#CO2)c1. The number of nitrogens with two attached hydrogens (primary N) is 1. The lowest BCUT2D eigenvalue weighted by Gasteiger charge is -2.28. The van der Waals surface area contributed by atoms with Crippen LogP contribution in [0.25, 0.3) is 16.8 Å². The highest BCUT2D eigenvalue weighted by Crippen LogP contribution is 2.45. The third kappa shape index (κ3) is 10.9. The number of fused-ring (bicyclic) bond motifs is 9. The van der Waals surface area contributed by atoms with Crippen LogP contribution in [0.4, 0.5) is 5.69 Å². The Labute approximate surface area is 382 Å². The maximum absolute atomic E-state index is 13.9. The molecule has 9 nitrogen and oxygen atoms in total. The molecule has 6 bridgehead atoms. The molecule has 5 aromatic rings. The van der Waals surface area contributed by atoms with Gasteiger partial charge < -0.3 is 35.5 Å². The van der Waals surface area contributed by atoms with Crippen LogP contribution in [-0.2, 0) is 35.4 Å². The summed E-state index contributed by atoms with van der Waals surface area (Å²) >= 11 is 0. The molecule has 9 heteroatoms. The fourth-order valence-electron chi connectivity index (χ4n) is 9.58. The molecular weight excluding hydrogens is 811 g/mol. The Morgan fingerprint density at radius 1 is 0.938 bits per heavy atom. The number of aryl methyl sites for hydroxylation is 2. The molecule has 0 aromatic heterocycles. The summed E-state index contributed by atoms with van der Waals surface area (Å²) in [4.78, 5) is 17.9. The number of aliphatic imine (C=N–C) groups is 1. The van der Waals surface area contributed by atoms with E-state index in [1.54, 1.807) is 20.2 Å². The molecule has 0 fully saturated rings. The Kier molecular flexibility index (Phi) is 14.2. The number of hydrogen-bond donors (Lipinski definition) is 4. The highest BCUT2D eigenvalue weighted by Gasteiger charge is 2.29. The van der Waals surface area contributed by atoms with Gasteiger partial charge in [-0.15, -0.1) is 0 Å². The minimum Gasteiger partial charge on any atom is -0.508 e. The van der Waals surface area contributed by atoms with Crippen molar-refractivity contribution >= 4 is 34.3 Å². The van der Waals surface area contributed by atoms with Gasteiger partial charge in [0.15, 0.2) is 17.5 Å². The van der Waals surface area contributed by atoms with E-state index in [0.717, 1.165) is 75.5 Å². The Hall–Kier alpha value is -6.92. The summed E-state index contributed by atoms with van der Waals surface area (Å²) in [5, 5.41) is 27.9. The number of ketones is 1. The van der Waals surface area contributed by atoms with E-state index in [-0.39, 0.29) is 41.5 Å². The smallest absolute Gasteiger partial charge is 0.192 e. The van der Waals surface area contributed by atoms with Gasteiger partial charge in [-0.1, -0.05) is 98.2 Å². The summed E-state index contributed by atoms with van der Waals surface area (Å²) in [7, 11) is 3.29. The van der Waals surface area contributed by atoms with Crippen LogP contribution in [-0.4, -0.2) is 42.2 Å². The summed E-state index contributed by atoms with van der Waals surface area (Å²) in [6.07, 6.45) is 18.5. The number of Topliss-reactive ketones (excluding diaryl/α,β-unsaturated/α-hetero) is 1. The average molecular weight is 870 g/mol. The van der Waals surface area contributed by atoms with Gasteiger partial charge in [-0.2, -0.15) is 0 Å². The second-order valence-corrected chi connectivity index (χ2v) is 17.5. The van der Waals surface area contributed by atoms with E-state index in [1.807, 2.05) is 60.7 Å². The third-order valence-electron chi connectivity index (χ3n) is 13.1. The number of aromatic hydroxyl groups is 1. The number of aliphatic hydroxyl groups is 1. The molecule has 4 aliphatic rings. The van der Waals surface area contributed by atoms with Crippen LogP contribution >= 0.6 is 0 Å². The molecule has 0 spiro atoms. The molecule has 2 heterocycles. The van der Waals surface area contributed by atoms with Crippen molar-refractivity contribution in [3.63, 3.8) is 0 Å². The van der Waals surface area contributed by atoms with Crippen LogP contribution in [0.15, 0.2) is 126 Å². The number of aliphatic hydroxyl groups excluding tert-OH is 1. The molecule has 0 saturated heterocycles. The van der Waals surface area contributed by atoms with E-state index in [2.05, 4.69) is 83.9 Å². The zero-order valence-corrected chi connectivity index (χ0v) is 37.6. The predicted octanol–water partition coefficient (Wildman–Crippen LogP) is 11.2. The Bertz CT molecular complexity index is 2710. The number of guanidine groups is 1. The van der Waals surface area contributed by atoms with Crippen molar-refractivity contribution in [1.82, 2.24) is 0 Å². The Morgan fingerprint density at radius 2 is 1.78 bits per heavy atom. The summed E-state index contributed by atoms with van der Waals surface area (Å²) in [5.74, 6) is 5.25. The zero-order chi connectivity index (χ0) is 45.3. The van der Waals surface area contributed by atoms with E-state index in [0.29, 0.717) is 49.7 Å². The number of allylic oxidation sites excluding steroid dienone is 4. The number of nitrogens with one attached hydrogen (secondary N) is 1. The van der Waals surface area contributed by atoms with Crippen LogP contribution in [0.5, 0.6) is 17.2 Å². The number of anilines is 1. The first-order chi connectivity index (χ1) is 31.6. The van der Waals surface area contributed by atoms with Crippen molar-refractivity contribution in [2.24, 2.45) is 22.6 Å². The average Bonchev–Trinajstić information content (AvgIpc) is 3.30. The lowest BCUT2D eigenvalue weighted by atomic mass is 9.80. The van der Waals surface area contributed by atoms with Crippen LogP contribution in [0, 0.1) is 23.9 Å². The zero-order valence-electron chi connectivity index (χ0n) is 37.6. The lowest BCUT2D eigenvalue weighted by molar-refractivity contribution is -0.121. The summed E-state index contributed by atoms with van der Waals surface area (Å²) in [6.45, 7) is 2.45. The minimum absolute atomic E-state index is 0.0602. The first kappa shape index (κ1) is 44.7. The van der Waals surface area contributed by atoms with Crippen molar-refractivity contribution < 1.29 is 29.2 Å². The molecular formula is C56H59N3O6. The summed E-state index contributed by atoms with van der Waals surface area (Å²) in [5.41, 5.74) is 13.9. The fraction of sp³-hybridized carbons (Fsp3) is 0.321. The number of hydrogen-bond acceptors (Lipinski definition) is 7. The van der Waals surface area contributed by atoms with Crippen molar-refractivity contribution in [1.29, 1.82) is 0 Å². The molecule has 5 unspecified atom stereocenters. The Morgan fingerprint density at radius 3 is 2.62 bits per heavy atom. The quantitative estimate of drug-likeness (QED) is 0.0446. The number of benzene rings is 5. The van der Waals surface area contributed by atoms with Crippen LogP contribution in [0.2, 0.25) is 0 Å². The number of rotatable bonds is 11. The number of nitrogens with zero attached hydrogens (tertiary/aromatic N) is 1. The molecule has 0 amide bonds. The van der Waals surface area contributed by atoms with E-state index in [9.17, 15) is 15.0 Å². The fourth-order valence-corrected chi connectivity index (χ4v) is 9.58. The normalized spacial score (nSPS) is 20.7. The molecule has 0 saturated carbocycles. The molecule has 5 N–H and O–H groups in total. The van der Waals surface area contributed by atoms with Gasteiger partial charge in [-0.25, -0.2) is 0 Å². The molecule has 65 heavy (non-hydrogen) atoms. The van der Waals surface area contributed by atoms with Crippen LogP contribution in [0.3, 0.4) is 0 Å². The summed E-state index contributed by atoms with van der Waals surface area (Å²) < 4.78 is 18.8. The third-order valence-corrected chi connectivity index (χ3v) is 13.1. The molecule has 9 rings (SSSR count). The molecule has 2 aliphatic carbocycles. The van der Waals surface area contributed by atoms with E-state index in [1.165, 1.54) is 5.56 Å². The highest BCUT2D eigenvalue weighted by molar-refractivity contribution is 6.00.